The van der Waals surface area contributed by atoms with Gasteiger partial charge in [-0.05, 0) is 64.4 Å². The van der Waals surface area contributed by atoms with Crippen LogP contribution in [0, 0.1) is 0 Å². The minimum atomic E-state index is -0.375. The highest BCUT2D eigenvalue weighted by molar-refractivity contribution is 5.90. The summed E-state index contributed by atoms with van der Waals surface area (Å²) in [5, 5.41) is 21.4. The fraction of sp³-hybridized carbons (Fsp3) is 0.919. The molecule has 0 aromatic carbocycles. The minimum absolute atomic E-state index is 0.0466. The minimum Gasteiger partial charge on any atom is -0.455 e. The summed E-state index contributed by atoms with van der Waals surface area (Å²) < 4.78 is 17.7. The molecule has 3 aliphatic rings. The van der Waals surface area contributed by atoms with E-state index in [4.69, 9.17) is 14.2 Å². The van der Waals surface area contributed by atoms with Crippen LogP contribution in [0.15, 0.2) is 11.6 Å². The standard InChI is InChI=1S/C37H66O6/c1-3-4-5-6-7-13-16-19-22-31(38)33-24-26-35(42-33)36-27-25-34(43-36)32(39)23-20-17-14-11-9-8-10-12-15-18-21-30-28-29(2)41-37(30)40/h28-29,31-36,38-39H,3-27H2,1-2H3/t29-,31+,32+,33+,34-,35-,36-/m0/s1. The molecule has 0 bridgehead atoms. The van der Waals surface area contributed by atoms with Crippen LogP contribution >= 0.6 is 0 Å². The van der Waals surface area contributed by atoms with Gasteiger partial charge in [0.25, 0.3) is 0 Å². The summed E-state index contributed by atoms with van der Waals surface area (Å²) in [5.74, 6) is -0.118. The van der Waals surface area contributed by atoms with E-state index in [1.165, 1.54) is 96.3 Å². The molecule has 43 heavy (non-hydrogen) atoms. The van der Waals surface area contributed by atoms with Crippen LogP contribution in [0.3, 0.4) is 0 Å². The van der Waals surface area contributed by atoms with Crippen LogP contribution < -0.4 is 0 Å². The first kappa shape index (κ1) is 36.5. The maximum Gasteiger partial charge on any atom is 0.334 e. The van der Waals surface area contributed by atoms with E-state index in [-0.39, 0.29) is 48.7 Å². The topological polar surface area (TPSA) is 85.2 Å². The van der Waals surface area contributed by atoms with Crippen molar-refractivity contribution in [2.24, 2.45) is 0 Å². The lowest BCUT2D eigenvalue weighted by Gasteiger charge is -2.24. The van der Waals surface area contributed by atoms with Crippen molar-refractivity contribution in [1.82, 2.24) is 0 Å². The van der Waals surface area contributed by atoms with Crippen molar-refractivity contribution >= 4 is 5.97 Å². The van der Waals surface area contributed by atoms with E-state index < -0.39 is 0 Å². The van der Waals surface area contributed by atoms with Crippen LogP contribution in [0.1, 0.15) is 174 Å². The molecule has 0 amide bonds. The molecule has 2 N–H and O–H groups in total. The molecule has 2 fully saturated rings. The molecule has 7 atom stereocenters. The Morgan fingerprint density at radius 3 is 1.49 bits per heavy atom. The Kier molecular flexibility index (Phi) is 18.5. The van der Waals surface area contributed by atoms with Crippen molar-refractivity contribution in [3.63, 3.8) is 0 Å². The molecule has 3 heterocycles. The quantitative estimate of drug-likeness (QED) is 0.0797. The average Bonchev–Trinajstić information content (AvgIpc) is 3.75. The van der Waals surface area contributed by atoms with Crippen LogP contribution in [0.2, 0.25) is 0 Å². The molecule has 3 rings (SSSR count). The van der Waals surface area contributed by atoms with Crippen LogP contribution in [0.25, 0.3) is 0 Å². The zero-order valence-electron chi connectivity index (χ0n) is 27.8. The molecule has 0 spiro atoms. The summed E-state index contributed by atoms with van der Waals surface area (Å²) in [6, 6.07) is 0. The largest absolute Gasteiger partial charge is 0.455 e. The van der Waals surface area contributed by atoms with E-state index >= 15 is 0 Å². The molecule has 0 aromatic heterocycles. The van der Waals surface area contributed by atoms with Gasteiger partial charge in [-0.15, -0.1) is 0 Å². The van der Waals surface area contributed by atoms with E-state index in [2.05, 4.69) is 6.92 Å². The highest BCUT2D eigenvalue weighted by atomic mass is 16.6. The van der Waals surface area contributed by atoms with Gasteiger partial charge in [0.15, 0.2) is 0 Å². The number of cyclic esters (lactones) is 1. The molecule has 6 heteroatoms. The lowest BCUT2D eigenvalue weighted by molar-refractivity contribution is -0.139. The molecule has 0 radical (unpaired) electrons. The number of esters is 1. The molecule has 3 aliphatic heterocycles. The Hall–Kier alpha value is -0.950. The van der Waals surface area contributed by atoms with Gasteiger partial charge in [-0.3, -0.25) is 0 Å². The van der Waals surface area contributed by atoms with Gasteiger partial charge in [0.1, 0.15) is 6.10 Å². The fourth-order valence-corrected chi connectivity index (χ4v) is 7.25. The van der Waals surface area contributed by atoms with Crippen molar-refractivity contribution < 1.29 is 29.2 Å². The highest BCUT2D eigenvalue weighted by Gasteiger charge is 2.40. The number of carbonyl (C=O) groups is 1. The number of hydrogen-bond donors (Lipinski definition) is 2. The number of rotatable bonds is 25. The van der Waals surface area contributed by atoms with Crippen molar-refractivity contribution in [2.75, 3.05) is 0 Å². The Labute approximate surface area is 263 Å². The number of aliphatic hydroxyl groups excluding tert-OH is 2. The van der Waals surface area contributed by atoms with Crippen molar-refractivity contribution in [2.45, 2.75) is 217 Å². The Balaban J connectivity index is 1.12. The van der Waals surface area contributed by atoms with Crippen LogP contribution in [0.5, 0.6) is 0 Å². The number of hydrogen-bond acceptors (Lipinski definition) is 6. The molecule has 0 aliphatic carbocycles. The summed E-state index contributed by atoms with van der Waals surface area (Å²) in [7, 11) is 0. The average molecular weight is 607 g/mol. The molecule has 6 nitrogen and oxygen atoms in total. The molecular weight excluding hydrogens is 540 g/mol. The predicted octanol–water partition coefficient (Wildman–Crippen LogP) is 8.89. The first-order valence-electron chi connectivity index (χ1n) is 18.6. The van der Waals surface area contributed by atoms with Gasteiger partial charge in [0.2, 0.25) is 0 Å². The highest BCUT2D eigenvalue weighted by Crippen LogP contribution is 2.34. The molecule has 0 aromatic rings. The Bertz CT molecular complexity index is 768. The molecule has 250 valence electrons. The number of unbranched alkanes of at least 4 members (excludes halogenated alkanes) is 16. The Morgan fingerprint density at radius 1 is 0.651 bits per heavy atom. The third-order valence-electron chi connectivity index (χ3n) is 9.98. The third kappa shape index (κ3) is 14.3. The van der Waals surface area contributed by atoms with Gasteiger partial charge in [-0.25, -0.2) is 4.79 Å². The van der Waals surface area contributed by atoms with Crippen LogP contribution in [-0.4, -0.2) is 58.9 Å². The Morgan fingerprint density at radius 2 is 1.07 bits per heavy atom. The van der Waals surface area contributed by atoms with Gasteiger partial charge < -0.3 is 24.4 Å². The van der Waals surface area contributed by atoms with E-state index in [0.717, 1.165) is 69.8 Å². The van der Waals surface area contributed by atoms with E-state index in [0.29, 0.717) is 0 Å². The van der Waals surface area contributed by atoms with Crippen molar-refractivity contribution in [1.29, 1.82) is 0 Å². The maximum atomic E-state index is 11.6. The van der Waals surface area contributed by atoms with Crippen LogP contribution in [0.4, 0.5) is 0 Å². The number of aliphatic hydroxyl groups is 2. The smallest absolute Gasteiger partial charge is 0.334 e. The zero-order chi connectivity index (χ0) is 30.7. The summed E-state index contributed by atoms with van der Waals surface area (Å²) in [6.07, 6.45) is 29.9. The van der Waals surface area contributed by atoms with Gasteiger partial charge in [0.05, 0.1) is 36.6 Å². The predicted molar refractivity (Wildman–Crippen MR) is 174 cm³/mol. The molecule has 0 unspecified atom stereocenters. The lowest BCUT2D eigenvalue weighted by Crippen LogP contribution is -2.33. The van der Waals surface area contributed by atoms with E-state index in [9.17, 15) is 15.0 Å². The monoisotopic (exact) mass is 606 g/mol. The van der Waals surface area contributed by atoms with Gasteiger partial charge in [-0.2, -0.15) is 0 Å². The summed E-state index contributed by atoms with van der Waals surface area (Å²) in [6.45, 7) is 4.17. The van der Waals surface area contributed by atoms with E-state index in [1.54, 1.807) is 0 Å². The lowest BCUT2D eigenvalue weighted by atomic mass is 10.0. The zero-order valence-corrected chi connectivity index (χ0v) is 27.8. The normalized spacial score (nSPS) is 27.0. The maximum absolute atomic E-state index is 11.6. The SMILES string of the molecule is CCCCCCCCCC[C@@H](O)[C@H]1CC[C@@H]([C@@H]2CC[C@@H]([C@H](O)CCCCCCCCCCCCC3=C[C@H](C)OC3=O)O2)O1. The second-order valence-corrected chi connectivity index (χ2v) is 13.9. The van der Waals surface area contributed by atoms with Crippen molar-refractivity contribution in [3.05, 3.63) is 11.6 Å². The summed E-state index contributed by atoms with van der Waals surface area (Å²) in [4.78, 5) is 11.6. The second-order valence-electron chi connectivity index (χ2n) is 13.9. The number of carbonyl (C=O) groups excluding carboxylic acids is 1. The second kappa shape index (κ2) is 21.7. The van der Waals surface area contributed by atoms with Gasteiger partial charge >= 0.3 is 5.97 Å². The fourth-order valence-electron chi connectivity index (χ4n) is 7.25. The van der Waals surface area contributed by atoms with Gasteiger partial charge in [0, 0.05) is 5.57 Å². The molecular formula is C37H66O6. The third-order valence-corrected chi connectivity index (χ3v) is 9.98. The van der Waals surface area contributed by atoms with Gasteiger partial charge in [-0.1, -0.05) is 116 Å². The molecule has 2 saturated heterocycles. The first-order chi connectivity index (χ1) is 21.0. The number of ether oxygens (including phenoxy) is 3. The van der Waals surface area contributed by atoms with E-state index in [1.807, 2.05) is 13.0 Å². The first-order valence-corrected chi connectivity index (χ1v) is 18.6. The summed E-state index contributed by atoms with van der Waals surface area (Å²) >= 11 is 0. The summed E-state index contributed by atoms with van der Waals surface area (Å²) in [5.41, 5.74) is 0.869. The van der Waals surface area contributed by atoms with Crippen molar-refractivity contribution in [3.8, 4) is 0 Å². The molecule has 0 saturated carbocycles. The van der Waals surface area contributed by atoms with Crippen LogP contribution in [-0.2, 0) is 19.0 Å².